The van der Waals surface area contributed by atoms with E-state index >= 15 is 0 Å². The molecule has 0 aliphatic rings. The molecule has 2 N–H and O–H groups in total. The third-order valence-corrected chi connectivity index (χ3v) is 3.62. The van der Waals surface area contributed by atoms with Crippen molar-refractivity contribution in [1.29, 1.82) is 0 Å². The van der Waals surface area contributed by atoms with Crippen molar-refractivity contribution >= 4 is 16.9 Å². The first-order valence-corrected chi connectivity index (χ1v) is 6.56. The Bertz CT molecular complexity index is 723. The normalized spacial score (nSPS) is 12.4. The van der Waals surface area contributed by atoms with Crippen LogP contribution >= 0.6 is 0 Å². The van der Waals surface area contributed by atoms with Gasteiger partial charge in [-0.15, -0.1) is 0 Å². The number of fused-ring (bicyclic) bond motifs is 1. The van der Waals surface area contributed by atoms with Crippen LogP contribution in [0.1, 0.15) is 18.4 Å². The molecule has 0 saturated carbocycles. The van der Waals surface area contributed by atoms with Crippen molar-refractivity contribution in [1.82, 2.24) is 4.98 Å². The van der Waals surface area contributed by atoms with Gasteiger partial charge in [-0.1, -0.05) is 42.5 Å². The van der Waals surface area contributed by atoms with Crippen LogP contribution in [0.4, 0.5) is 0 Å². The molecule has 3 heteroatoms. The number of nitrogens with one attached hydrogen (secondary N) is 1. The van der Waals surface area contributed by atoms with E-state index in [2.05, 4.69) is 17.1 Å². The molecule has 3 aromatic rings. The standard InChI is InChI=1S/C17H15NO2/c1-11(17(19)20)12-6-8-13(9-7-12)16-10-14-4-2-3-5-15(14)18-16/h2-11,18H,1H3,(H,19,20)/t11-/m1/s1. The van der Waals surface area contributed by atoms with Gasteiger partial charge in [0.1, 0.15) is 0 Å². The molecule has 0 spiro atoms. The van der Waals surface area contributed by atoms with Crippen LogP contribution in [0.25, 0.3) is 22.2 Å². The van der Waals surface area contributed by atoms with Crippen LogP contribution in [0, 0.1) is 0 Å². The first-order valence-electron chi connectivity index (χ1n) is 6.56. The van der Waals surface area contributed by atoms with E-state index in [-0.39, 0.29) is 0 Å². The number of carboxylic acid groups (broad SMARTS) is 1. The highest BCUT2D eigenvalue weighted by molar-refractivity contribution is 5.85. The summed E-state index contributed by atoms with van der Waals surface area (Å²) in [5.41, 5.74) is 4.02. The SMILES string of the molecule is C[C@@H](C(=O)O)c1ccc(-c2cc3ccccc3[nH]2)cc1. The smallest absolute Gasteiger partial charge is 0.310 e. The maximum atomic E-state index is 11.0. The van der Waals surface area contributed by atoms with Crippen LogP contribution in [0.2, 0.25) is 0 Å². The Morgan fingerprint density at radius 3 is 2.45 bits per heavy atom. The van der Waals surface area contributed by atoms with Crippen molar-refractivity contribution in [2.75, 3.05) is 0 Å². The lowest BCUT2D eigenvalue weighted by atomic mass is 9.99. The molecule has 2 aromatic carbocycles. The molecule has 100 valence electrons. The fourth-order valence-corrected chi connectivity index (χ4v) is 2.32. The van der Waals surface area contributed by atoms with Gasteiger partial charge in [0.05, 0.1) is 5.92 Å². The van der Waals surface area contributed by atoms with Gasteiger partial charge in [-0.2, -0.15) is 0 Å². The molecule has 1 heterocycles. The summed E-state index contributed by atoms with van der Waals surface area (Å²) in [7, 11) is 0. The number of H-pyrrole nitrogens is 1. The van der Waals surface area contributed by atoms with E-state index < -0.39 is 11.9 Å². The minimum Gasteiger partial charge on any atom is -0.481 e. The zero-order chi connectivity index (χ0) is 14.1. The number of benzene rings is 2. The van der Waals surface area contributed by atoms with Crippen LogP contribution in [-0.2, 0) is 4.79 Å². The number of carboxylic acids is 1. The second-order valence-electron chi connectivity index (χ2n) is 4.95. The van der Waals surface area contributed by atoms with Gasteiger partial charge >= 0.3 is 5.97 Å². The zero-order valence-corrected chi connectivity index (χ0v) is 11.1. The highest BCUT2D eigenvalue weighted by Crippen LogP contribution is 2.25. The number of para-hydroxylation sites is 1. The number of aliphatic carboxylic acids is 1. The van der Waals surface area contributed by atoms with E-state index in [0.29, 0.717) is 0 Å². The molecule has 0 bridgehead atoms. The van der Waals surface area contributed by atoms with Gasteiger partial charge in [0.2, 0.25) is 0 Å². The van der Waals surface area contributed by atoms with Crippen LogP contribution in [-0.4, -0.2) is 16.1 Å². The Morgan fingerprint density at radius 1 is 1.10 bits per heavy atom. The third-order valence-electron chi connectivity index (χ3n) is 3.62. The molecule has 0 saturated heterocycles. The lowest BCUT2D eigenvalue weighted by Gasteiger charge is -2.07. The quantitative estimate of drug-likeness (QED) is 0.751. The van der Waals surface area contributed by atoms with Crippen LogP contribution in [0.15, 0.2) is 54.6 Å². The van der Waals surface area contributed by atoms with E-state index in [1.165, 1.54) is 5.39 Å². The molecule has 0 unspecified atom stereocenters. The van der Waals surface area contributed by atoms with Gasteiger partial charge in [-0.25, -0.2) is 0 Å². The molecule has 0 aliphatic heterocycles. The maximum Gasteiger partial charge on any atom is 0.310 e. The average molecular weight is 265 g/mol. The summed E-state index contributed by atoms with van der Waals surface area (Å²) in [6.07, 6.45) is 0. The number of aromatic amines is 1. The van der Waals surface area contributed by atoms with Crippen LogP contribution in [0.3, 0.4) is 0 Å². The number of carbonyl (C=O) groups is 1. The first-order chi connectivity index (χ1) is 9.65. The highest BCUT2D eigenvalue weighted by atomic mass is 16.4. The molecule has 0 radical (unpaired) electrons. The molecular weight excluding hydrogens is 250 g/mol. The van der Waals surface area contributed by atoms with Gasteiger partial charge in [0.25, 0.3) is 0 Å². The van der Waals surface area contributed by atoms with Crippen molar-refractivity contribution in [3.8, 4) is 11.3 Å². The highest BCUT2D eigenvalue weighted by Gasteiger charge is 2.13. The molecule has 0 aliphatic carbocycles. The monoisotopic (exact) mass is 265 g/mol. The minimum atomic E-state index is -0.802. The lowest BCUT2D eigenvalue weighted by molar-refractivity contribution is -0.138. The summed E-state index contributed by atoms with van der Waals surface area (Å²) in [6, 6.07) is 17.9. The topological polar surface area (TPSA) is 53.1 Å². The molecule has 1 atom stereocenters. The van der Waals surface area contributed by atoms with Gasteiger partial charge in [-0.3, -0.25) is 4.79 Å². The van der Waals surface area contributed by atoms with E-state index in [4.69, 9.17) is 5.11 Å². The fraction of sp³-hybridized carbons (Fsp3) is 0.118. The summed E-state index contributed by atoms with van der Waals surface area (Å²) in [5, 5.41) is 10.2. The summed E-state index contributed by atoms with van der Waals surface area (Å²) in [6.45, 7) is 1.69. The summed E-state index contributed by atoms with van der Waals surface area (Å²) < 4.78 is 0. The Hall–Kier alpha value is -2.55. The van der Waals surface area contributed by atoms with Crippen molar-refractivity contribution < 1.29 is 9.90 Å². The number of hydrogen-bond donors (Lipinski definition) is 2. The second kappa shape index (κ2) is 4.85. The maximum absolute atomic E-state index is 11.0. The number of hydrogen-bond acceptors (Lipinski definition) is 1. The van der Waals surface area contributed by atoms with Crippen LogP contribution < -0.4 is 0 Å². The Balaban J connectivity index is 1.96. The summed E-state index contributed by atoms with van der Waals surface area (Å²) in [4.78, 5) is 14.3. The molecule has 0 fully saturated rings. The lowest BCUT2D eigenvalue weighted by Crippen LogP contribution is -2.06. The predicted octanol–water partition coefficient (Wildman–Crippen LogP) is 4.02. The predicted molar refractivity (Wildman–Crippen MR) is 79.8 cm³/mol. The summed E-state index contributed by atoms with van der Waals surface area (Å²) in [5.74, 6) is -1.28. The van der Waals surface area contributed by atoms with Crippen molar-refractivity contribution in [3.05, 3.63) is 60.2 Å². The Kier molecular flexibility index (Phi) is 3.03. The zero-order valence-electron chi connectivity index (χ0n) is 11.1. The second-order valence-corrected chi connectivity index (χ2v) is 4.95. The van der Waals surface area contributed by atoms with Gasteiger partial charge in [0, 0.05) is 16.6 Å². The van der Waals surface area contributed by atoms with E-state index in [1.807, 2.05) is 42.5 Å². The Labute approximate surface area is 116 Å². The first kappa shape index (κ1) is 12.5. The van der Waals surface area contributed by atoms with Gasteiger partial charge in [0.15, 0.2) is 0 Å². The molecule has 20 heavy (non-hydrogen) atoms. The van der Waals surface area contributed by atoms with E-state index in [9.17, 15) is 4.79 Å². The number of aromatic nitrogens is 1. The summed E-state index contributed by atoms with van der Waals surface area (Å²) >= 11 is 0. The molecule has 1 aromatic heterocycles. The molecule has 3 nitrogen and oxygen atoms in total. The Morgan fingerprint density at radius 2 is 1.80 bits per heavy atom. The minimum absolute atomic E-state index is 0.480. The van der Waals surface area contributed by atoms with Crippen molar-refractivity contribution in [2.24, 2.45) is 0 Å². The molecular formula is C17H15NO2. The molecule has 3 rings (SSSR count). The largest absolute Gasteiger partial charge is 0.481 e. The molecule has 0 amide bonds. The van der Waals surface area contributed by atoms with E-state index in [1.54, 1.807) is 6.92 Å². The van der Waals surface area contributed by atoms with E-state index in [0.717, 1.165) is 22.3 Å². The van der Waals surface area contributed by atoms with Gasteiger partial charge in [-0.05, 0) is 30.2 Å². The average Bonchev–Trinajstić information content (AvgIpc) is 2.90. The number of rotatable bonds is 3. The van der Waals surface area contributed by atoms with Crippen molar-refractivity contribution in [3.63, 3.8) is 0 Å². The third kappa shape index (κ3) is 2.18. The fourth-order valence-electron chi connectivity index (χ4n) is 2.32. The van der Waals surface area contributed by atoms with Crippen molar-refractivity contribution in [2.45, 2.75) is 12.8 Å². The van der Waals surface area contributed by atoms with Crippen LogP contribution in [0.5, 0.6) is 0 Å². The van der Waals surface area contributed by atoms with Gasteiger partial charge < -0.3 is 10.1 Å².